The van der Waals surface area contributed by atoms with Crippen LogP contribution in [0, 0.1) is 0 Å². The van der Waals surface area contributed by atoms with E-state index in [1.54, 1.807) is 12.3 Å². The van der Waals surface area contributed by atoms with Crippen LogP contribution >= 0.6 is 11.3 Å². The predicted molar refractivity (Wildman–Crippen MR) is 104 cm³/mol. The highest BCUT2D eigenvalue weighted by atomic mass is 32.1. The van der Waals surface area contributed by atoms with Crippen molar-refractivity contribution >= 4 is 29.0 Å². The van der Waals surface area contributed by atoms with Crippen molar-refractivity contribution in [1.29, 1.82) is 0 Å². The number of amides is 2. The largest absolute Gasteiger partial charge is 0.348 e. The molecule has 2 amide bonds. The number of nitrogens with zero attached hydrogens (tertiary/aromatic N) is 1. The molecule has 6 heteroatoms. The standard InChI is InChI=1S/C20H19N3O2S/c1-14(24)22-17(18-8-5-11-26-18)12-20(25)23-19-10-9-16(13-21-19)15-6-3-2-4-7-15/h2-11,13,17H,12H2,1H3,(H,22,24)(H,21,23,25)/t17-/m0/s1. The molecule has 0 fully saturated rings. The molecule has 5 nitrogen and oxygen atoms in total. The van der Waals surface area contributed by atoms with E-state index in [0.717, 1.165) is 16.0 Å². The molecule has 2 N–H and O–H groups in total. The van der Waals surface area contributed by atoms with Crippen molar-refractivity contribution in [3.05, 3.63) is 71.1 Å². The van der Waals surface area contributed by atoms with Crippen LogP contribution in [0.2, 0.25) is 0 Å². The third-order valence-electron chi connectivity index (χ3n) is 3.79. The Balaban J connectivity index is 1.64. The minimum atomic E-state index is -0.337. The molecule has 0 aliphatic rings. The number of thiophene rings is 1. The normalized spacial score (nSPS) is 11.6. The van der Waals surface area contributed by atoms with Gasteiger partial charge in [0.2, 0.25) is 11.8 Å². The molecule has 0 aliphatic carbocycles. The Bertz CT molecular complexity index is 862. The van der Waals surface area contributed by atoms with Gasteiger partial charge < -0.3 is 10.6 Å². The van der Waals surface area contributed by atoms with Gasteiger partial charge in [0.15, 0.2) is 0 Å². The van der Waals surface area contributed by atoms with Gasteiger partial charge in [-0.1, -0.05) is 36.4 Å². The maximum atomic E-state index is 12.4. The molecule has 0 spiro atoms. The van der Waals surface area contributed by atoms with E-state index >= 15 is 0 Å². The van der Waals surface area contributed by atoms with Crippen LogP contribution in [0.1, 0.15) is 24.3 Å². The van der Waals surface area contributed by atoms with Crippen molar-refractivity contribution in [2.75, 3.05) is 5.32 Å². The van der Waals surface area contributed by atoms with Gasteiger partial charge in [-0.05, 0) is 29.1 Å². The summed E-state index contributed by atoms with van der Waals surface area (Å²) in [5.74, 6) is 0.126. The van der Waals surface area contributed by atoms with Gasteiger partial charge in [-0.15, -0.1) is 11.3 Å². The third-order valence-corrected chi connectivity index (χ3v) is 4.78. The van der Waals surface area contributed by atoms with Crippen LogP contribution < -0.4 is 10.6 Å². The summed E-state index contributed by atoms with van der Waals surface area (Å²) in [6.45, 7) is 1.45. The molecule has 0 saturated carbocycles. The molecule has 1 aromatic carbocycles. The van der Waals surface area contributed by atoms with Gasteiger partial charge in [0.1, 0.15) is 5.82 Å². The van der Waals surface area contributed by atoms with Crippen LogP contribution in [-0.2, 0) is 9.59 Å². The average Bonchev–Trinajstić information content (AvgIpc) is 3.17. The zero-order chi connectivity index (χ0) is 18.4. The number of aromatic nitrogens is 1. The molecule has 3 rings (SSSR count). The van der Waals surface area contributed by atoms with Gasteiger partial charge in [-0.25, -0.2) is 4.98 Å². The Morgan fingerprint density at radius 2 is 1.85 bits per heavy atom. The van der Waals surface area contributed by atoms with Gasteiger partial charge in [0.05, 0.1) is 12.5 Å². The Morgan fingerprint density at radius 3 is 2.46 bits per heavy atom. The number of nitrogens with one attached hydrogen (secondary N) is 2. The number of carbonyl (C=O) groups excluding carboxylic acids is 2. The van der Waals surface area contributed by atoms with Crippen LogP contribution in [0.3, 0.4) is 0 Å². The van der Waals surface area contributed by atoms with Crippen LogP contribution in [-0.4, -0.2) is 16.8 Å². The fourth-order valence-corrected chi connectivity index (χ4v) is 3.38. The number of anilines is 1. The third kappa shape index (κ3) is 4.77. The smallest absolute Gasteiger partial charge is 0.227 e. The summed E-state index contributed by atoms with van der Waals surface area (Å²) in [7, 11) is 0. The van der Waals surface area contributed by atoms with Crippen molar-refractivity contribution in [3.63, 3.8) is 0 Å². The fraction of sp³-hybridized carbons (Fsp3) is 0.150. The average molecular weight is 365 g/mol. The number of hydrogen-bond acceptors (Lipinski definition) is 4. The van der Waals surface area contributed by atoms with Crippen molar-refractivity contribution in [3.8, 4) is 11.1 Å². The predicted octanol–water partition coefficient (Wildman–Crippen LogP) is 4.02. The molecule has 0 unspecified atom stereocenters. The summed E-state index contributed by atoms with van der Waals surface area (Å²) in [4.78, 5) is 29.0. The molecule has 0 saturated heterocycles. The minimum Gasteiger partial charge on any atom is -0.348 e. The summed E-state index contributed by atoms with van der Waals surface area (Å²) in [5.41, 5.74) is 2.06. The molecular weight excluding hydrogens is 346 g/mol. The van der Waals surface area contributed by atoms with Crippen LogP contribution in [0.4, 0.5) is 5.82 Å². The summed E-state index contributed by atoms with van der Waals surface area (Å²) >= 11 is 1.51. The Labute approximate surface area is 156 Å². The molecule has 132 valence electrons. The van der Waals surface area contributed by atoms with E-state index in [9.17, 15) is 9.59 Å². The minimum absolute atomic E-state index is 0.155. The van der Waals surface area contributed by atoms with Gasteiger partial charge in [-0.3, -0.25) is 9.59 Å². The molecule has 0 radical (unpaired) electrons. The zero-order valence-electron chi connectivity index (χ0n) is 14.3. The maximum Gasteiger partial charge on any atom is 0.227 e. The number of benzene rings is 1. The number of hydrogen-bond donors (Lipinski definition) is 2. The Morgan fingerprint density at radius 1 is 1.04 bits per heavy atom. The molecule has 1 atom stereocenters. The first-order valence-corrected chi connectivity index (χ1v) is 9.11. The topological polar surface area (TPSA) is 71.1 Å². The lowest BCUT2D eigenvalue weighted by Crippen LogP contribution is -2.29. The maximum absolute atomic E-state index is 12.4. The highest BCUT2D eigenvalue weighted by Crippen LogP contribution is 2.23. The first-order valence-electron chi connectivity index (χ1n) is 8.23. The highest BCUT2D eigenvalue weighted by molar-refractivity contribution is 7.10. The van der Waals surface area contributed by atoms with Gasteiger partial charge in [-0.2, -0.15) is 0 Å². The van der Waals surface area contributed by atoms with Gasteiger partial charge in [0, 0.05) is 23.6 Å². The second kappa shape index (κ2) is 8.40. The van der Waals surface area contributed by atoms with Crippen molar-refractivity contribution in [1.82, 2.24) is 10.3 Å². The highest BCUT2D eigenvalue weighted by Gasteiger charge is 2.18. The molecular formula is C20H19N3O2S. The van der Waals surface area contributed by atoms with E-state index in [1.165, 1.54) is 18.3 Å². The molecule has 2 heterocycles. The second-order valence-corrected chi connectivity index (χ2v) is 6.80. The van der Waals surface area contributed by atoms with Gasteiger partial charge >= 0.3 is 0 Å². The monoisotopic (exact) mass is 365 g/mol. The number of rotatable bonds is 6. The van der Waals surface area contributed by atoms with Crippen molar-refractivity contribution < 1.29 is 9.59 Å². The Kier molecular flexibility index (Phi) is 5.76. The molecule has 0 bridgehead atoms. The SMILES string of the molecule is CC(=O)N[C@@H](CC(=O)Nc1ccc(-c2ccccc2)cn1)c1cccs1. The van der Waals surface area contributed by atoms with Crippen LogP contribution in [0.5, 0.6) is 0 Å². The first-order chi connectivity index (χ1) is 12.6. The van der Waals surface area contributed by atoms with E-state index in [2.05, 4.69) is 15.6 Å². The zero-order valence-corrected chi connectivity index (χ0v) is 15.1. The van der Waals surface area contributed by atoms with E-state index in [4.69, 9.17) is 0 Å². The molecule has 2 aromatic heterocycles. The lowest BCUT2D eigenvalue weighted by atomic mass is 10.1. The molecule has 0 aliphatic heterocycles. The molecule has 3 aromatic rings. The summed E-state index contributed by atoms with van der Waals surface area (Å²) < 4.78 is 0. The van der Waals surface area contributed by atoms with E-state index < -0.39 is 0 Å². The lowest BCUT2D eigenvalue weighted by Gasteiger charge is -2.16. The van der Waals surface area contributed by atoms with Crippen molar-refractivity contribution in [2.24, 2.45) is 0 Å². The second-order valence-electron chi connectivity index (χ2n) is 5.82. The first kappa shape index (κ1) is 17.8. The summed E-state index contributed by atoms with van der Waals surface area (Å²) in [6.07, 6.45) is 1.89. The van der Waals surface area contributed by atoms with Crippen molar-refractivity contribution in [2.45, 2.75) is 19.4 Å². The summed E-state index contributed by atoms with van der Waals surface area (Å²) in [6, 6.07) is 17.1. The quantitative estimate of drug-likeness (QED) is 0.693. The Hall–Kier alpha value is -2.99. The van der Waals surface area contributed by atoms with E-state index in [0.29, 0.717) is 5.82 Å². The molecule has 26 heavy (non-hydrogen) atoms. The summed E-state index contributed by atoms with van der Waals surface area (Å²) in [5, 5.41) is 7.53. The lowest BCUT2D eigenvalue weighted by molar-refractivity contribution is -0.120. The fourth-order valence-electron chi connectivity index (χ4n) is 2.61. The van der Waals surface area contributed by atoms with E-state index in [1.807, 2.05) is 53.9 Å². The number of pyridine rings is 1. The van der Waals surface area contributed by atoms with Crippen LogP contribution in [0.15, 0.2) is 66.2 Å². The van der Waals surface area contributed by atoms with E-state index in [-0.39, 0.29) is 24.3 Å². The van der Waals surface area contributed by atoms with Gasteiger partial charge in [0.25, 0.3) is 0 Å². The van der Waals surface area contributed by atoms with Crippen LogP contribution in [0.25, 0.3) is 11.1 Å². The number of carbonyl (C=O) groups is 2.